The van der Waals surface area contributed by atoms with Gasteiger partial charge in [0.15, 0.2) is 0 Å². The fourth-order valence-corrected chi connectivity index (χ4v) is 4.65. The maximum atomic E-state index is 3.70. The normalized spacial score (nSPS) is 34.8. The van der Waals surface area contributed by atoms with Gasteiger partial charge in [-0.15, -0.1) is 0 Å². The van der Waals surface area contributed by atoms with E-state index in [0.29, 0.717) is 5.41 Å². The van der Waals surface area contributed by atoms with E-state index in [1.165, 1.54) is 57.8 Å². The predicted molar refractivity (Wildman–Crippen MR) is 75.2 cm³/mol. The summed E-state index contributed by atoms with van der Waals surface area (Å²) in [5, 5.41) is 3.70. The highest BCUT2D eigenvalue weighted by Gasteiger charge is 2.41. The van der Waals surface area contributed by atoms with Gasteiger partial charge in [-0.1, -0.05) is 46.0 Å². The molecule has 0 aromatic carbocycles. The molecule has 2 saturated carbocycles. The number of nitrogens with one attached hydrogen (secondary N) is 1. The number of rotatable bonds is 4. The van der Waals surface area contributed by atoms with Crippen molar-refractivity contribution in [3.63, 3.8) is 0 Å². The van der Waals surface area contributed by atoms with Gasteiger partial charge in [-0.25, -0.2) is 0 Å². The molecule has 3 unspecified atom stereocenters. The molecular weight excluding hydrogens is 206 g/mol. The SMILES string of the molecule is CCC1CCCC(C(NC)C2(C)CCCC2)C1. The standard InChI is InChI=1S/C16H31N/c1-4-13-8-7-9-14(12-13)15(17-3)16(2)10-5-6-11-16/h13-15,17H,4-12H2,1-3H3. The molecule has 17 heavy (non-hydrogen) atoms. The zero-order chi connectivity index (χ0) is 12.3. The van der Waals surface area contributed by atoms with Crippen LogP contribution < -0.4 is 5.32 Å². The van der Waals surface area contributed by atoms with Crippen molar-refractivity contribution in [3.8, 4) is 0 Å². The molecule has 0 heterocycles. The summed E-state index contributed by atoms with van der Waals surface area (Å²) in [6.45, 7) is 4.91. The first-order valence-electron chi connectivity index (χ1n) is 7.87. The molecule has 2 rings (SSSR count). The molecule has 0 aliphatic heterocycles. The van der Waals surface area contributed by atoms with Crippen LogP contribution in [0.2, 0.25) is 0 Å². The van der Waals surface area contributed by atoms with Crippen molar-refractivity contribution in [1.29, 1.82) is 0 Å². The minimum Gasteiger partial charge on any atom is -0.316 e. The lowest BCUT2D eigenvalue weighted by atomic mass is 9.67. The third-order valence-corrected chi connectivity index (χ3v) is 5.68. The van der Waals surface area contributed by atoms with E-state index in [1.807, 2.05) is 0 Å². The first-order valence-corrected chi connectivity index (χ1v) is 7.87. The Labute approximate surface area is 108 Å². The van der Waals surface area contributed by atoms with E-state index in [2.05, 4.69) is 26.2 Å². The van der Waals surface area contributed by atoms with Gasteiger partial charge in [-0.05, 0) is 50.0 Å². The van der Waals surface area contributed by atoms with Gasteiger partial charge in [-0.2, -0.15) is 0 Å². The summed E-state index contributed by atoms with van der Waals surface area (Å²) in [7, 11) is 2.20. The molecular formula is C16H31N. The Balaban J connectivity index is 2.01. The Morgan fingerprint density at radius 3 is 2.47 bits per heavy atom. The highest BCUT2D eigenvalue weighted by atomic mass is 14.9. The van der Waals surface area contributed by atoms with Crippen molar-refractivity contribution in [2.75, 3.05) is 7.05 Å². The van der Waals surface area contributed by atoms with E-state index in [9.17, 15) is 0 Å². The average Bonchev–Trinajstić information content (AvgIpc) is 2.78. The van der Waals surface area contributed by atoms with E-state index in [1.54, 1.807) is 0 Å². The van der Waals surface area contributed by atoms with Gasteiger partial charge in [0.2, 0.25) is 0 Å². The fraction of sp³-hybridized carbons (Fsp3) is 1.00. The van der Waals surface area contributed by atoms with E-state index < -0.39 is 0 Å². The third kappa shape index (κ3) is 2.86. The molecule has 2 aliphatic carbocycles. The third-order valence-electron chi connectivity index (χ3n) is 5.68. The largest absolute Gasteiger partial charge is 0.316 e. The highest BCUT2D eigenvalue weighted by molar-refractivity contribution is 4.95. The summed E-state index contributed by atoms with van der Waals surface area (Å²) in [6.07, 6.45) is 13.1. The number of hydrogen-bond donors (Lipinski definition) is 1. The molecule has 2 aliphatic rings. The average molecular weight is 237 g/mol. The molecule has 2 fully saturated rings. The molecule has 0 aromatic rings. The Morgan fingerprint density at radius 1 is 1.18 bits per heavy atom. The van der Waals surface area contributed by atoms with Gasteiger partial charge in [0.05, 0.1) is 0 Å². The van der Waals surface area contributed by atoms with Crippen molar-refractivity contribution in [1.82, 2.24) is 5.32 Å². The second kappa shape index (κ2) is 5.73. The predicted octanol–water partition coefficient (Wildman–Crippen LogP) is 4.37. The van der Waals surface area contributed by atoms with Gasteiger partial charge < -0.3 is 5.32 Å². The van der Waals surface area contributed by atoms with Crippen LogP contribution in [0.3, 0.4) is 0 Å². The lowest BCUT2D eigenvalue weighted by molar-refractivity contribution is 0.116. The molecule has 0 saturated heterocycles. The summed E-state index contributed by atoms with van der Waals surface area (Å²) in [5.41, 5.74) is 0.592. The van der Waals surface area contributed by atoms with Crippen LogP contribution in [0.15, 0.2) is 0 Å². The van der Waals surface area contributed by atoms with E-state index >= 15 is 0 Å². The van der Waals surface area contributed by atoms with Gasteiger partial charge >= 0.3 is 0 Å². The van der Waals surface area contributed by atoms with Crippen LogP contribution in [0.5, 0.6) is 0 Å². The van der Waals surface area contributed by atoms with Crippen LogP contribution in [0.25, 0.3) is 0 Å². The summed E-state index contributed by atoms with van der Waals surface area (Å²) < 4.78 is 0. The number of hydrogen-bond acceptors (Lipinski definition) is 1. The highest BCUT2D eigenvalue weighted by Crippen LogP contribution is 2.46. The van der Waals surface area contributed by atoms with Gasteiger partial charge in [0.25, 0.3) is 0 Å². The lowest BCUT2D eigenvalue weighted by Gasteiger charge is -2.43. The summed E-state index contributed by atoms with van der Waals surface area (Å²) >= 11 is 0. The van der Waals surface area contributed by atoms with E-state index in [-0.39, 0.29) is 0 Å². The quantitative estimate of drug-likeness (QED) is 0.765. The smallest absolute Gasteiger partial charge is 0.0146 e. The van der Waals surface area contributed by atoms with Gasteiger partial charge in [0, 0.05) is 6.04 Å². The summed E-state index contributed by atoms with van der Waals surface area (Å²) in [4.78, 5) is 0. The molecule has 1 nitrogen and oxygen atoms in total. The van der Waals surface area contributed by atoms with E-state index in [4.69, 9.17) is 0 Å². The van der Waals surface area contributed by atoms with Crippen LogP contribution in [0.4, 0.5) is 0 Å². The van der Waals surface area contributed by atoms with Crippen molar-refractivity contribution in [2.24, 2.45) is 17.3 Å². The first-order chi connectivity index (χ1) is 8.19. The molecule has 1 heteroatoms. The zero-order valence-corrected chi connectivity index (χ0v) is 12.1. The summed E-state index contributed by atoms with van der Waals surface area (Å²) in [6, 6.07) is 0.777. The van der Waals surface area contributed by atoms with Crippen LogP contribution in [-0.4, -0.2) is 13.1 Å². The maximum absolute atomic E-state index is 3.70. The topological polar surface area (TPSA) is 12.0 Å². The molecule has 0 aromatic heterocycles. The van der Waals surface area contributed by atoms with Crippen molar-refractivity contribution in [3.05, 3.63) is 0 Å². The molecule has 3 atom stereocenters. The fourth-order valence-electron chi connectivity index (χ4n) is 4.65. The molecule has 100 valence electrons. The Bertz CT molecular complexity index is 230. The zero-order valence-electron chi connectivity index (χ0n) is 12.1. The monoisotopic (exact) mass is 237 g/mol. The Hall–Kier alpha value is -0.0400. The molecule has 0 amide bonds. The Kier molecular flexibility index (Phi) is 4.52. The Morgan fingerprint density at radius 2 is 1.88 bits per heavy atom. The van der Waals surface area contributed by atoms with Crippen molar-refractivity contribution < 1.29 is 0 Å². The lowest BCUT2D eigenvalue weighted by Crippen LogP contribution is -2.47. The molecule has 0 spiro atoms. The van der Waals surface area contributed by atoms with E-state index in [0.717, 1.165) is 17.9 Å². The minimum atomic E-state index is 0.592. The van der Waals surface area contributed by atoms with Gasteiger partial charge in [0.1, 0.15) is 0 Å². The van der Waals surface area contributed by atoms with Crippen LogP contribution >= 0.6 is 0 Å². The van der Waals surface area contributed by atoms with Crippen LogP contribution in [0.1, 0.15) is 71.6 Å². The second-order valence-electron chi connectivity index (χ2n) is 6.83. The van der Waals surface area contributed by atoms with Crippen LogP contribution in [0, 0.1) is 17.3 Å². The molecule has 0 radical (unpaired) electrons. The van der Waals surface area contributed by atoms with Crippen molar-refractivity contribution >= 4 is 0 Å². The van der Waals surface area contributed by atoms with Crippen molar-refractivity contribution in [2.45, 2.75) is 77.7 Å². The summed E-state index contributed by atoms with van der Waals surface area (Å²) in [5.74, 6) is 1.96. The maximum Gasteiger partial charge on any atom is 0.0146 e. The van der Waals surface area contributed by atoms with Crippen LogP contribution in [-0.2, 0) is 0 Å². The first kappa shape index (κ1) is 13.4. The minimum absolute atomic E-state index is 0.592. The van der Waals surface area contributed by atoms with Gasteiger partial charge in [-0.3, -0.25) is 0 Å². The molecule has 0 bridgehead atoms. The molecule has 1 N–H and O–H groups in total. The second-order valence-corrected chi connectivity index (χ2v) is 6.83.